The summed E-state index contributed by atoms with van der Waals surface area (Å²) in [6.07, 6.45) is 9.48. The Labute approximate surface area is 117 Å². The van der Waals surface area contributed by atoms with Gasteiger partial charge in [0.15, 0.2) is 0 Å². The van der Waals surface area contributed by atoms with Crippen LogP contribution in [0.1, 0.15) is 52.4 Å². The Balaban J connectivity index is 2.27. The molecule has 1 aliphatic carbocycles. The van der Waals surface area contributed by atoms with E-state index in [2.05, 4.69) is 30.2 Å². The third-order valence-electron chi connectivity index (χ3n) is 4.81. The van der Waals surface area contributed by atoms with Crippen molar-refractivity contribution in [2.45, 2.75) is 64.0 Å². The maximum atomic E-state index is 5.92. The SMILES string of the molecule is CCN(CC)C1(C(NN)C2=CCCCO2)CCCC1. The number of hydrazine groups is 1. The Kier molecular flexibility index (Phi) is 5.25. The van der Waals surface area contributed by atoms with Gasteiger partial charge < -0.3 is 4.74 Å². The van der Waals surface area contributed by atoms with Crippen molar-refractivity contribution in [2.75, 3.05) is 19.7 Å². The fourth-order valence-corrected chi connectivity index (χ4v) is 3.91. The summed E-state index contributed by atoms with van der Waals surface area (Å²) in [4.78, 5) is 2.57. The second kappa shape index (κ2) is 6.73. The summed E-state index contributed by atoms with van der Waals surface area (Å²) < 4.78 is 5.90. The van der Waals surface area contributed by atoms with Crippen molar-refractivity contribution in [1.29, 1.82) is 0 Å². The topological polar surface area (TPSA) is 50.5 Å². The molecule has 0 aromatic rings. The minimum atomic E-state index is 0.134. The van der Waals surface area contributed by atoms with E-state index in [0.717, 1.165) is 38.3 Å². The van der Waals surface area contributed by atoms with Gasteiger partial charge in [0.25, 0.3) is 0 Å². The molecule has 3 N–H and O–H groups in total. The average Bonchev–Trinajstić information content (AvgIpc) is 2.92. The largest absolute Gasteiger partial charge is 0.496 e. The van der Waals surface area contributed by atoms with Crippen LogP contribution < -0.4 is 11.3 Å². The van der Waals surface area contributed by atoms with Gasteiger partial charge in [-0.1, -0.05) is 26.7 Å². The minimum Gasteiger partial charge on any atom is -0.496 e. The van der Waals surface area contributed by atoms with Gasteiger partial charge >= 0.3 is 0 Å². The lowest BCUT2D eigenvalue weighted by Gasteiger charge is -2.46. The smallest absolute Gasteiger partial charge is 0.112 e. The van der Waals surface area contributed by atoms with E-state index >= 15 is 0 Å². The molecule has 2 rings (SSSR count). The molecule has 0 bridgehead atoms. The van der Waals surface area contributed by atoms with Gasteiger partial charge in [-0.15, -0.1) is 0 Å². The molecule has 4 heteroatoms. The molecule has 0 saturated heterocycles. The molecule has 1 unspecified atom stereocenters. The van der Waals surface area contributed by atoms with Crippen molar-refractivity contribution in [2.24, 2.45) is 5.84 Å². The number of ether oxygens (including phenoxy) is 1. The van der Waals surface area contributed by atoms with E-state index in [1.54, 1.807) is 0 Å². The van der Waals surface area contributed by atoms with E-state index in [1.807, 2.05) is 0 Å². The molecule has 0 aromatic heterocycles. The number of hydrogen-bond donors (Lipinski definition) is 2. The van der Waals surface area contributed by atoms with Crippen molar-refractivity contribution in [3.05, 3.63) is 11.8 Å². The average molecular weight is 267 g/mol. The lowest BCUT2D eigenvalue weighted by molar-refractivity contribution is 0.0432. The predicted molar refractivity (Wildman–Crippen MR) is 78.5 cm³/mol. The molecule has 0 spiro atoms. The highest BCUT2D eigenvalue weighted by Gasteiger charge is 2.47. The van der Waals surface area contributed by atoms with Crippen LogP contribution in [0.25, 0.3) is 0 Å². The molecule has 0 aromatic carbocycles. The first-order valence-electron chi connectivity index (χ1n) is 7.82. The lowest BCUT2D eigenvalue weighted by Crippen LogP contribution is -2.62. The van der Waals surface area contributed by atoms with Crippen LogP contribution in [0.4, 0.5) is 0 Å². The summed E-state index contributed by atoms with van der Waals surface area (Å²) in [5.74, 6) is 6.99. The zero-order valence-electron chi connectivity index (χ0n) is 12.5. The number of hydrogen-bond acceptors (Lipinski definition) is 4. The molecule has 1 atom stereocenters. The summed E-state index contributed by atoms with van der Waals surface area (Å²) in [6, 6.07) is 0.134. The van der Waals surface area contributed by atoms with Gasteiger partial charge in [-0.25, -0.2) is 5.43 Å². The zero-order chi connectivity index (χ0) is 13.7. The number of likely N-dealkylation sites (N-methyl/N-ethyl adjacent to an activating group) is 1. The minimum absolute atomic E-state index is 0.134. The van der Waals surface area contributed by atoms with Crippen LogP contribution in [0.5, 0.6) is 0 Å². The van der Waals surface area contributed by atoms with Crippen molar-refractivity contribution in [3.63, 3.8) is 0 Å². The molecule has 19 heavy (non-hydrogen) atoms. The van der Waals surface area contributed by atoms with Crippen LogP contribution in [-0.4, -0.2) is 36.2 Å². The van der Waals surface area contributed by atoms with Crippen LogP contribution in [0, 0.1) is 0 Å². The first-order valence-corrected chi connectivity index (χ1v) is 7.82. The van der Waals surface area contributed by atoms with E-state index in [1.165, 1.54) is 25.7 Å². The molecule has 110 valence electrons. The molecule has 2 aliphatic rings. The summed E-state index contributed by atoms with van der Waals surface area (Å²) in [7, 11) is 0. The number of nitrogens with zero attached hydrogens (tertiary/aromatic N) is 1. The normalized spacial score (nSPS) is 24.1. The van der Waals surface area contributed by atoms with Crippen molar-refractivity contribution in [1.82, 2.24) is 10.3 Å². The van der Waals surface area contributed by atoms with Crippen LogP contribution in [0.2, 0.25) is 0 Å². The fourth-order valence-electron chi connectivity index (χ4n) is 3.91. The highest BCUT2D eigenvalue weighted by atomic mass is 16.5. The third-order valence-corrected chi connectivity index (χ3v) is 4.81. The van der Waals surface area contributed by atoms with E-state index in [-0.39, 0.29) is 11.6 Å². The standard InChI is InChI=1S/C15H29N3O/c1-3-18(4-2)15(10-6-7-11-15)14(17-16)13-9-5-8-12-19-13/h9,14,17H,3-8,10-12,16H2,1-2H3. The predicted octanol–water partition coefficient (Wildman–Crippen LogP) is 2.17. The molecular weight excluding hydrogens is 238 g/mol. The number of nitrogens with one attached hydrogen (secondary N) is 1. The van der Waals surface area contributed by atoms with Gasteiger partial charge in [-0.2, -0.15) is 0 Å². The molecule has 0 amide bonds. The highest BCUT2D eigenvalue weighted by molar-refractivity contribution is 5.17. The van der Waals surface area contributed by atoms with Crippen LogP contribution in [0.15, 0.2) is 11.8 Å². The number of allylic oxidation sites excluding steroid dienone is 1. The first kappa shape index (κ1) is 14.8. The summed E-state index contributed by atoms with van der Waals surface area (Å²) in [6.45, 7) is 7.46. The Morgan fingerprint density at radius 3 is 2.47 bits per heavy atom. The van der Waals surface area contributed by atoms with Gasteiger partial charge in [-0.05, 0) is 44.8 Å². The monoisotopic (exact) mass is 267 g/mol. The number of nitrogens with two attached hydrogens (primary N) is 1. The Hall–Kier alpha value is -0.580. The van der Waals surface area contributed by atoms with Crippen LogP contribution in [0.3, 0.4) is 0 Å². The van der Waals surface area contributed by atoms with Crippen LogP contribution in [-0.2, 0) is 4.74 Å². The first-order chi connectivity index (χ1) is 9.28. The van der Waals surface area contributed by atoms with E-state index in [4.69, 9.17) is 10.6 Å². The summed E-state index contributed by atoms with van der Waals surface area (Å²) >= 11 is 0. The Morgan fingerprint density at radius 1 is 1.32 bits per heavy atom. The molecule has 1 aliphatic heterocycles. The molecule has 0 radical (unpaired) electrons. The quantitative estimate of drug-likeness (QED) is 0.572. The van der Waals surface area contributed by atoms with E-state index in [9.17, 15) is 0 Å². The zero-order valence-corrected chi connectivity index (χ0v) is 12.5. The van der Waals surface area contributed by atoms with Crippen molar-refractivity contribution in [3.8, 4) is 0 Å². The van der Waals surface area contributed by atoms with E-state index in [0.29, 0.717) is 0 Å². The maximum Gasteiger partial charge on any atom is 0.112 e. The maximum absolute atomic E-state index is 5.92. The molecule has 1 saturated carbocycles. The third kappa shape index (κ3) is 2.81. The van der Waals surface area contributed by atoms with Crippen molar-refractivity contribution < 1.29 is 4.74 Å². The fraction of sp³-hybridized carbons (Fsp3) is 0.867. The lowest BCUT2D eigenvalue weighted by atomic mass is 9.84. The second-order valence-electron chi connectivity index (χ2n) is 5.68. The molecule has 1 heterocycles. The summed E-state index contributed by atoms with van der Waals surface area (Å²) in [5.41, 5.74) is 3.21. The van der Waals surface area contributed by atoms with E-state index < -0.39 is 0 Å². The van der Waals surface area contributed by atoms with Gasteiger partial charge in [0.05, 0.1) is 12.6 Å². The van der Waals surface area contributed by atoms with Crippen molar-refractivity contribution >= 4 is 0 Å². The second-order valence-corrected chi connectivity index (χ2v) is 5.68. The highest BCUT2D eigenvalue weighted by Crippen LogP contribution is 2.40. The Morgan fingerprint density at radius 2 is 2.00 bits per heavy atom. The van der Waals surface area contributed by atoms with Gasteiger partial charge in [0.2, 0.25) is 0 Å². The van der Waals surface area contributed by atoms with Gasteiger partial charge in [0.1, 0.15) is 5.76 Å². The summed E-state index contributed by atoms with van der Waals surface area (Å²) in [5, 5.41) is 0. The van der Waals surface area contributed by atoms with Gasteiger partial charge in [-0.3, -0.25) is 10.7 Å². The molecular formula is C15H29N3O. The molecule has 4 nitrogen and oxygen atoms in total. The van der Waals surface area contributed by atoms with Crippen LogP contribution >= 0.6 is 0 Å². The Bertz CT molecular complexity index is 307. The van der Waals surface area contributed by atoms with Gasteiger partial charge in [0, 0.05) is 5.54 Å². The number of rotatable bonds is 6. The molecule has 1 fully saturated rings.